The first kappa shape index (κ1) is 24.9. The summed E-state index contributed by atoms with van der Waals surface area (Å²) in [6, 6.07) is -1.01. The number of anilines is 1. The number of carbonyl (C=O) groups is 4. The molecule has 2 aliphatic heterocycles. The monoisotopic (exact) mass is 477 g/mol. The number of hydrogen-bond donors (Lipinski definition) is 4. The van der Waals surface area contributed by atoms with Crippen LogP contribution >= 0.6 is 23.1 Å². The number of allylic oxidation sites excluding steroid dienone is 1. The molecule has 1 saturated heterocycles. The predicted molar refractivity (Wildman–Crippen MR) is 114 cm³/mol. The van der Waals surface area contributed by atoms with E-state index in [0.717, 1.165) is 16.2 Å². The van der Waals surface area contributed by atoms with Gasteiger partial charge in [0.15, 0.2) is 10.8 Å². The molecule has 3 heterocycles. The van der Waals surface area contributed by atoms with Gasteiger partial charge in [0.05, 0.1) is 0 Å². The Balaban J connectivity index is 0.00000341. The van der Waals surface area contributed by atoms with E-state index in [4.69, 9.17) is 10.8 Å². The summed E-state index contributed by atoms with van der Waals surface area (Å²) in [5, 5.41) is 25.0. The summed E-state index contributed by atoms with van der Waals surface area (Å²) < 4.78 is 0. The van der Waals surface area contributed by atoms with E-state index in [0.29, 0.717) is 11.3 Å². The molecule has 3 rings (SSSR count). The number of nitrogen functional groups attached to an aromatic ring is 1. The molecule has 12 nitrogen and oxygen atoms in total. The van der Waals surface area contributed by atoms with E-state index in [1.54, 1.807) is 0 Å². The molecule has 0 unspecified atom stereocenters. The Labute approximate surface area is 205 Å². The van der Waals surface area contributed by atoms with Gasteiger partial charge in [-0.25, -0.2) is 14.6 Å². The van der Waals surface area contributed by atoms with Gasteiger partial charge < -0.3 is 26.1 Å². The summed E-state index contributed by atoms with van der Waals surface area (Å²) in [6.45, 7) is 2.77. The summed E-state index contributed by atoms with van der Waals surface area (Å²) in [4.78, 5) is 57.1. The van der Waals surface area contributed by atoms with E-state index in [9.17, 15) is 24.3 Å². The van der Waals surface area contributed by atoms with Crippen molar-refractivity contribution in [2.75, 3.05) is 18.1 Å². The molecule has 0 aromatic carbocycles. The van der Waals surface area contributed by atoms with Crippen molar-refractivity contribution in [2.45, 2.75) is 11.4 Å². The van der Waals surface area contributed by atoms with E-state index >= 15 is 0 Å². The number of nitrogens with zero attached hydrogens (tertiary/aromatic N) is 3. The Morgan fingerprint density at radius 3 is 2.71 bits per heavy atom. The molecule has 0 spiro atoms. The second-order valence-corrected chi connectivity index (χ2v) is 7.92. The van der Waals surface area contributed by atoms with Crippen molar-refractivity contribution in [2.24, 2.45) is 5.16 Å². The summed E-state index contributed by atoms with van der Waals surface area (Å²) in [6.07, 6.45) is 1.38. The van der Waals surface area contributed by atoms with Gasteiger partial charge in [-0.2, -0.15) is 0 Å². The van der Waals surface area contributed by atoms with Gasteiger partial charge in [-0.3, -0.25) is 14.5 Å². The van der Waals surface area contributed by atoms with E-state index in [1.165, 1.54) is 23.2 Å². The van der Waals surface area contributed by atoms with Crippen molar-refractivity contribution in [1.82, 2.24) is 15.2 Å². The van der Waals surface area contributed by atoms with Crippen molar-refractivity contribution in [3.63, 3.8) is 0 Å². The number of fused-ring (bicyclic) bond motifs is 1. The number of amides is 2. The van der Waals surface area contributed by atoms with Crippen LogP contribution in [0.2, 0.25) is 0 Å². The van der Waals surface area contributed by atoms with E-state index in [-0.39, 0.29) is 51.8 Å². The average Bonchev–Trinajstić information content (AvgIpc) is 3.13. The third kappa shape index (κ3) is 5.10. The Bertz CT molecular complexity index is 1010. The Kier molecular flexibility index (Phi) is 8.25. The van der Waals surface area contributed by atoms with Crippen molar-refractivity contribution in [3.05, 3.63) is 35.0 Å². The topological polar surface area (TPSA) is 185 Å². The number of carboxylic acid groups (broad SMARTS) is 2. The van der Waals surface area contributed by atoms with Crippen LogP contribution in [-0.4, -0.2) is 103 Å². The number of rotatable bonds is 8. The zero-order chi connectivity index (χ0) is 22.0. The molecular weight excluding hydrogens is 461 g/mol. The maximum absolute atomic E-state index is 12.7. The summed E-state index contributed by atoms with van der Waals surface area (Å²) in [5.41, 5.74) is 5.48. The molecule has 0 bridgehead atoms. The number of hydrogen-bond acceptors (Lipinski definition) is 10. The number of β-lactam (4-membered cyclic amide) rings is 1. The maximum atomic E-state index is 12.7. The minimum absolute atomic E-state index is 0. The molecule has 0 aliphatic carbocycles. The van der Waals surface area contributed by atoms with Gasteiger partial charge in [0, 0.05) is 11.1 Å². The van der Waals surface area contributed by atoms with Crippen LogP contribution in [0.15, 0.2) is 34.5 Å². The van der Waals surface area contributed by atoms with Gasteiger partial charge in [-0.1, -0.05) is 17.8 Å². The minimum atomic E-state index is -1.30. The SMILES string of the molecule is C=CC1=C(C(=O)O)N2C(=O)[C@@H](NC(=O)C(=NOCC(=O)O)c3csc(N)n3)[C@H]2SC1.[NaH]. The molecule has 1 aromatic rings. The fourth-order valence-corrected chi connectivity index (χ4v) is 4.65. The quantitative estimate of drug-likeness (QED) is 0.154. The summed E-state index contributed by atoms with van der Waals surface area (Å²) >= 11 is 2.30. The predicted octanol–water partition coefficient (Wildman–Crippen LogP) is -1.19. The number of carboxylic acids is 2. The molecule has 1 fully saturated rings. The van der Waals surface area contributed by atoms with Gasteiger partial charge in [-0.05, 0) is 5.57 Å². The molecule has 2 aliphatic rings. The fraction of sp³-hybridized carbons (Fsp3) is 0.250. The molecule has 31 heavy (non-hydrogen) atoms. The zero-order valence-corrected chi connectivity index (χ0v) is 16.7. The summed E-state index contributed by atoms with van der Waals surface area (Å²) in [7, 11) is 0. The average molecular weight is 477 g/mol. The number of oxime groups is 1. The van der Waals surface area contributed by atoms with Gasteiger partial charge in [0.2, 0.25) is 6.61 Å². The first-order chi connectivity index (χ1) is 14.2. The molecule has 2 atom stereocenters. The molecule has 2 amide bonds. The molecule has 5 N–H and O–H groups in total. The van der Waals surface area contributed by atoms with Crippen LogP contribution in [0.3, 0.4) is 0 Å². The van der Waals surface area contributed by atoms with Crippen LogP contribution < -0.4 is 11.1 Å². The molecular formula is C16H16N5NaO7S2. The number of carbonyl (C=O) groups excluding carboxylic acids is 2. The van der Waals surface area contributed by atoms with Crippen molar-refractivity contribution >= 4 is 87.3 Å². The van der Waals surface area contributed by atoms with Gasteiger partial charge in [-0.15, -0.1) is 23.1 Å². The van der Waals surface area contributed by atoms with Gasteiger partial charge in [0.25, 0.3) is 11.8 Å². The Hall–Kier alpha value is -2.39. The number of aliphatic carboxylic acids is 2. The fourth-order valence-electron chi connectivity index (χ4n) is 2.76. The third-order valence-electron chi connectivity index (χ3n) is 4.06. The van der Waals surface area contributed by atoms with E-state index in [1.807, 2.05) is 0 Å². The van der Waals surface area contributed by atoms with Crippen LogP contribution in [0.25, 0.3) is 0 Å². The first-order valence-electron chi connectivity index (χ1n) is 8.22. The van der Waals surface area contributed by atoms with Gasteiger partial charge >= 0.3 is 41.5 Å². The number of nitrogens with one attached hydrogen (secondary N) is 1. The van der Waals surface area contributed by atoms with E-state index < -0.39 is 41.8 Å². The number of nitrogens with two attached hydrogens (primary N) is 1. The van der Waals surface area contributed by atoms with Crippen LogP contribution in [-0.2, 0) is 24.0 Å². The zero-order valence-electron chi connectivity index (χ0n) is 15.1. The summed E-state index contributed by atoms with van der Waals surface area (Å²) in [5.74, 6) is -3.72. The molecule has 0 radical (unpaired) electrons. The van der Waals surface area contributed by atoms with Crippen LogP contribution in [0.4, 0.5) is 5.13 Å². The number of aromatic nitrogens is 1. The molecule has 160 valence electrons. The third-order valence-corrected chi connectivity index (χ3v) is 6.03. The number of thiazole rings is 1. The number of thioether (sulfide) groups is 1. The second kappa shape index (κ2) is 10.3. The van der Waals surface area contributed by atoms with Crippen molar-refractivity contribution in [3.8, 4) is 0 Å². The van der Waals surface area contributed by atoms with Crippen molar-refractivity contribution < 1.29 is 34.2 Å². The van der Waals surface area contributed by atoms with Crippen LogP contribution in [0.5, 0.6) is 0 Å². The normalized spacial score (nSPS) is 20.2. The first-order valence-corrected chi connectivity index (χ1v) is 10.1. The molecule has 1 aromatic heterocycles. The van der Waals surface area contributed by atoms with Crippen molar-refractivity contribution in [1.29, 1.82) is 0 Å². The standard InChI is InChI=1S/C16H15N5O7S2.Na.H/c1-2-6-4-29-14-10(13(25)21(14)11(6)15(26)27)19-12(24)9(20-28-3-8(22)23)7-5-30-16(17)18-7;;/h2,5,10,14H,1,3-4H2,(H2,17,18)(H,19,24)(H,22,23)(H,26,27);;/t10-,14-;;/m1../s1. The second-order valence-electron chi connectivity index (χ2n) is 5.92. The Morgan fingerprint density at radius 2 is 2.16 bits per heavy atom. The van der Waals surface area contributed by atoms with E-state index in [2.05, 4.69) is 26.9 Å². The molecule has 0 saturated carbocycles. The van der Waals surface area contributed by atoms with Crippen LogP contribution in [0.1, 0.15) is 5.69 Å². The van der Waals surface area contributed by atoms with Gasteiger partial charge in [0.1, 0.15) is 22.8 Å². The Morgan fingerprint density at radius 1 is 1.45 bits per heavy atom. The molecule has 15 heteroatoms. The van der Waals surface area contributed by atoms with Crippen LogP contribution in [0, 0.1) is 0 Å².